The Morgan fingerprint density at radius 1 is 1.24 bits per heavy atom. The molecule has 4 nitrogen and oxygen atoms in total. The summed E-state index contributed by atoms with van der Waals surface area (Å²) in [7, 11) is 0. The third kappa shape index (κ3) is 5.77. The summed E-state index contributed by atoms with van der Waals surface area (Å²) >= 11 is 3.11. The number of rotatable bonds is 9. The molecular weight excluding hydrogens is 306 g/mol. The third-order valence-electron chi connectivity index (χ3n) is 2.77. The van der Waals surface area contributed by atoms with Crippen molar-refractivity contribution in [2.45, 2.75) is 18.6 Å². The van der Waals surface area contributed by atoms with Gasteiger partial charge in [-0.1, -0.05) is 6.07 Å². The highest BCUT2D eigenvalue weighted by atomic mass is 32.2. The molecule has 0 radical (unpaired) electrons. The summed E-state index contributed by atoms with van der Waals surface area (Å²) in [6.07, 6.45) is 2.17. The number of Topliss-reactive ketones (excluding diaryl/α,β-unsaturated/α-hetero) is 1. The molecule has 0 bridgehead atoms. The number of ketones is 1. The lowest BCUT2D eigenvalue weighted by atomic mass is 10.2. The Balaban J connectivity index is 1.52. The van der Waals surface area contributed by atoms with Gasteiger partial charge in [-0.25, -0.2) is 0 Å². The second kappa shape index (κ2) is 8.69. The van der Waals surface area contributed by atoms with Crippen LogP contribution in [0.15, 0.2) is 40.3 Å². The molecule has 112 valence electrons. The zero-order valence-electron chi connectivity index (χ0n) is 11.5. The monoisotopic (exact) mass is 323 g/mol. The van der Waals surface area contributed by atoms with E-state index in [1.54, 1.807) is 24.1 Å². The van der Waals surface area contributed by atoms with Gasteiger partial charge < -0.3 is 9.73 Å². The molecule has 21 heavy (non-hydrogen) atoms. The van der Waals surface area contributed by atoms with Crippen LogP contribution in [0.5, 0.6) is 0 Å². The number of hydrogen-bond acceptors (Lipinski definition) is 5. The van der Waals surface area contributed by atoms with Crippen molar-refractivity contribution >= 4 is 34.8 Å². The van der Waals surface area contributed by atoms with E-state index in [0.29, 0.717) is 6.54 Å². The van der Waals surface area contributed by atoms with Crippen LogP contribution < -0.4 is 5.32 Å². The molecule has 6 heteroatoms. The summed E-state index contributed by atoms with van der Waals surface area (Å²) in [5.74, 6) is 2.53. The first kappa shape index (κ1) is 15.9. The van der Waals surface area contributed by atoms with Gasteiger partial charge >= 0.3 is 0 Å². The highest BCUT2D eigenvalue weighted by Crippen LogP contribution is 2.13. The Labute approximate surface area is 131 Å². The highest BCUT2D eigenvalue weighted by Gasteiger charge is 2.09. The molecule has 0 aliphatic heterocycles. The maximum atomic E-state index is 11.7. The molecule has 2 aromatic heterocycles. The standard InChI is InChI=1S/C15H17NO3S2/c17-13(14-4-2-9-21-14)5-6-15(18)16-7-10-20-11-12-3-1-8-19-12/h1-4,8-9H,5-7,10-11H2,(H,16,18). The second-order valence-electron chi connectivity index (χ2n) is 4.38. The van der Waals surface area contributed by atoms with E-state index in [1.165, 1.54) is 11.3 Å². The second-order valence-corrected chi connectivity index (χ2v) is 6.44. The van der Waals surface area contributed by atoms with Crippen LogP contribution in [0.25, 0.3) is 0 Å². The maximum absolute atomic E-state index is 11.7. The minimum absolute atomic E-state index is 0.0346. The van der Waals surface area contributed by atoms with Gasteiger partial charge in [-0.15, -0.1) is 11.3 Å². The van der Waals surface area contributed by atoms with Gasteiger partial charge in [-0.3, -0.25) is 9.59 Å². The lowest BCUT2D eigenvalue weighted by Gasteiger charge is -2.04. The lowest BCUT2D eigenvalue weighted by molar-refractivity contribution is -0.120. The predicted octanol–water partition coefficient (Wildman–Crippen LogP) is 3.35. The summed E-state index contributed by atoms with van der Waals surface area (Å²) < 4.78 is 5.22. The average Bonchev–Trinajstić information content (AvgIpc) is 3.17. The molecular formula is C15H17NO3S2. The molecule has 1 amide bonds. The van der Waals surface area contributed by atoms with Gasteiger partial charge in [0.2, 0.25) is 5.91 Å². The van der Waals surface area contributed by atoms with Gasteiger partial charge in [0, 0.05) is 25.1 Å². The Morgan fingerprint density at radius 3 is 2.86 bits per heavy atom. The Hall–Kier alpha value is -1.53. The molecule has 0 fully saturated rings. The smallest absolute Gasteiger partial charge is 0.220 e. The van der Waals surface area contributed by atoms with Gasteiger partial charge in [0.15, 0.2) is 5.78 Å². The normalized spacial score (nSPS) is 10.5. The van der Waals surface area contributed by atoms with Crippen LogP contribution in [-0.4, -0.2) is 24.0 Å². The van der Waals surface area contributed by atoms with Gasteiger partial charge in [0.25, 0.3) is 0 Å². The predicted molar refractivity (Wildman–Crippen MR) is 85.8 cm³/mol. The molecule has 0 unspecified atom stereocenters. The van der Waals surface area contributed by atoms with E-state index < -0.39 is 0 Å². The van der Waals surface area contributed by atoms with E-state index >= 15 is 0 Å². The van der Waals surface area contributed by atoms with E-state index in [9.17, 15) is 9.59 Å². The fourth-order valence-corrected chi connectivity index (χ4v) is 3.16. The van der Waals surface area contributed by atoms with Crippen molar-refractivity contribution < 1.29 is 14.0 Å². The summed E-state index contributed by atoms with van der Waals surface area (Å²) in [5, 5.41) is 4.69. The first-order valence-electron chi connectivity index (χ1n) is 6.69. The largest absolute Gasteiger partial charge is 0.468 e. The van der Waals surface area contributed by atoms with E-state index in [1.807, 2.05) is 23.6 Å². The van der Waals surface area contributed by atoms with Gasteiger partial charge in [-0.2, -0.15) is 11.8 Å². The van der Waals surface area contributed by atoms with Crippen molar-refractivity contribution in [2.24, 2.45) is 0 Å². The molecule has 0 saturated carbocycles. The number of furan rings is 1. The van der Waals surface area contributed by atoms with Crippen LogP contribution in [0.4, 0.5) is 0 Å². The Kier molecular flexibility index (Phi) is 6.56. The van der Waals surface area contributed by atoms with Crippen molar-refractivity contribution in [1.82, 2.24) is 5.32 Å². The number of hydrogen-bond donors (Lipinski definition) is 1. The van der Waals surface area contributed by atoms with Crippen molar-refractivity contribution in [3.8, 4) is 0 Å². The van der Waals surface area contributed by atoms with Crippen molar-refractivity contribution in [3.63, 3.8) is 0 Å². The van der Waals surface area contributed by atoms with Gasteiger partial charge in [-0.05, 0) is 23.6 Å². The summed E-state index contributed by atoms with van der Waals surface area (Å²) in [5.41, 5.74) is 0. The Bertz CT molecular complexity index is 550. The molecule has 0 aromatic carbocycles. The maximum Gasteiger partial charge on any atom is 0.220 e. The molecule has 0 spiro atoms. The van der Waals surface area contributed by atoms with E-state index in [4.69, 9.17) is 4.42 Å². The molecule has 0 aliphatic rings. The minimum atomic E-state index is -0.0708. The summed E-state index contributed by atoms with van der Waals surface area (Å²) in [4.78, 5) is 24.1. The molecule has 2 rings (SSSR count). The molecule has 0 aliphatic carbocycles. The first-order chi connectivity index (χ1) is 10.3. The van der Waals surface area contributed by atoms with E-state index in [0.717, 1.165) is 22.1 Å². The number of thiophene rings is 1. The van der Waals surface area contributed by atoms with Crippen LogP contribution >= 0.6 is 23.1 Å². The van der Waals surface area contributed by atoms with Crippen LogP contribution in [0.1, 0.15) is 28.3 Å². The van der Waals surface area contributed by atoms with Crippen LogP contribution in [0.3, 0.4) is 0 Å². The molecule has 2 heterocycles. The number of amides is 1. The number of carbonyl (C=O) groups is 2. The number of nitrogens with one attached hydrogen (secondary N) is 1. The lowest BCUT2D eigenvalue weighted by Crippen LogP contribution is -2.26. The quantitative estimate of drug-likeness (QED) is 0.568. The first-order valence-corrected chi connectivity index (χ1v) is 8.72. The fourth-order valence-electron chi connectivity index (χ4n) is 1.71. The highest BCUT2D eigenvalue weighted by molar-refractivity contribution is 7.98. The number of carbonyl (C=O) groups excluding carboxylic acids is 2. The minimum Gasteiger partial charge on any atom is -0.468 e. The topological polar surface area (TPSA) is 59.3 Å². The average molecular weight is 323 g/mol. The molecule has 0 atom stereocenters. The van der Waals surface area contributed by atoms with Crippen molar-refractivity contribution in [2.75, 3.05) is 12.3 Å². The van der Waals surface area contributed by atoms with Crippen LogP contribution in [0, 0.1) is 0 Å². The fraction of sp³-hybridized carbons (Fsp3) is 0.333. The van der Waals surface area contributed by atoms with Crippen molar-refractivity contribution in [3.05, 3.63) is 46.5 Å². The van der Waals surface area contributed by atoms with E-state index in [2.05, 4.69) is 5.32 Å². The van der Waals surface area contributed by atoms with Gasteiger partial charge in [0.05, 0.1) is 16.9 Å². The Morgan fingerprint density at radius 2 is 2.14 bits per heavy atom. The van der Waals surface area contributed by atoms with Gasteiger partial charge in [0.1, 0.15) is 5.76 Å². The van der Waals surface area contributed by atoms with E-state index in [-0.39, 0.29) is 24.5 Å². The zero-order chi connectivity index (χ0) is 14.9. The van der Waals surface area contributed by atoms with Crippen LogP contribution in [0.2, 0.25) is 0 Å². The molecule has 0 saturated heterocycles. The zero-order valence-corrected chi connectivity index (χ0v) is 13.2. The number of thioether (sulfide) groups is 1. The summed E-state index contributed by atoms with van der Waals surface area (Å²) in [6.45, 7) is 0.609. The third-order valence-corrected chi connectivity index (χ3v) is 4.66. The summed E-state index contributed by atoms with van der Waals surface area (Å²) in [6, 6.07) is 7.43. The molecule has 2 aromatic rings. The van der Waals surface area contributed by atoms with Crippen LogP contribution in [-0.2, 0) is 10.5 Å². The van der Waals surface area contributed by atoms with Crippen molar-refractivity contribution in [1.29, 1.82) is 0 Å². The molecule has 1 N–H and O–H groups in total. The SMILES string of the molecule is O=C(CCC(=O)c1cccs1)NCCSCc1ccco1.